The van der Waals surface area contributed by atoms with E-state index >= 15 is 0 Å². The van der Waals surface area contributed by atoms with Gasteiger partial charge in [-0.3, -0.25) is 0 Å². The molecule has 2 nitrogen and oxygen atoms in total. The monoisotopic (exact) mass is 243 g/mol. The smallest absolute Gasteiger partial charge is 0.128 e. The van der Waals surface area contributed by atoms with Gasteiger partial charge in [0.1, 0.15) is 11.6 Å². The number of hydrogen-bond acceptors (Lipinski definition) is 2. The van der Waals surface area contributed by atoms with Crippen LogP contribution in [0.15, 0.2) is 18.2 Å². The molecule has 0 bridgehead atoms. The van der Waals surface area contributed by atoms with Crippen molar-refractivity contribution in [1.82, 2.24) is 0 Å². The van der Waals surface area contributed by atoms with Gasteiger partial charge in [-0.2, -0.15) is 0 Å². The van der Waals surface area contributed by atoms with Gasteiger partial charge in [0, 0.05) is 12.1 Å². The van der Waals surface area contributed by atoms with Gasteiger partial charge in [0.05, 0.1) is 12.2 Å². The first-order valence-corrected chi connectivity index (χ1v) is 5.85. The van der Waals surface area contributed by atoms with Crippen LogP contribution in [-0.2, 0) is 11.3 Å². The lowest BCUT2D eigenvalue weighted by Gasteiger charge is -2.30. The van der Waals surface area contributed by atoms with E-state index in [1.165, 1.54) is 0 Å². The third-order valence-corrected chi connectivity index (χ3v) is 3.20. The molecule has 0 heterocycles. The fraction of sp³-hybridized carbons (Fsp3) is 0.538. The van der Waals surface area contributed by atoms with Crippen LogP contribution in [0.4, 0.5) is 8.78 Å². The molecular formula is C13H19F2NO. The van der Waals surface area contributed by atoms with Gasteiger partial charge in [0.15, 0.2) is 0 Å². The number of halogens is 2. The Balaban J connectivity index is 2.75. The molecule has 0 fully saturated rings. The summed E-state index contributed by atoms with van der Waals surface area (Å²) in [5, 5.41) is 0. The molecule has 17 heavy (non-hydrogen) atoms. The first-order chi connectivity index (χ1) is 8.06. The number of rotatable bonds is 6. The average Bonchev–Trinajstić information content (AvgIpc) is 2.35. The third kappa shape index (κ3) is 3.48. The number of ether oxygens (including phenoxy) is 1. The molecule has 0 aliphatic rings. The second-order valence-electron chi connectivity index (χ2n) is 4.12. The molecule has 96 valence electrons. The Morgan fingerprint density at radius 3 is 2.41 bits per heavy atom. The molecule has 0 spiro atoms. The van der Waals surface area contributed by atoms with Gasteiger partial charge >= 0.3 is 0 Å². The van der Waals surface area contributed by atoms with Crippen molar-refractivity contribution in [2.24, 2.45) is 5.73 Å². The van der Waals surface area contributed by atoms with Crippen LogP contribution in [0.3, 0.4) is 0 Å². The highest BCUT2D eigenvalue weighted by atomic mass is 19.1. The Morgan fingerprint density at radius 1 is 1.24 bits per heavy atom. The molecule has 0 amide bonds. The molecule has 0 aliphatic heterocycles. The van der Waals surface area contributed by atoms with E-state index in [1.54, 1.807) is 0 Å². The van der Waals surface area contributed by atoms with Crippen molar-refractivity contribution >= 4 is 0 Å². The molecule has 0 atom stereocenters. The van der Waals surface area contributed by atoms with Crippen LogP contribution < -0.4 is 5.73 Å². The van der Waals surface area contributed by atoms with Crippen molar-refractivity contribution in [1.29, 1.82) is 0 Å². The Morgan fingerprint density at radius 2 is 1.88 bits per heavy atom. The zero-order valence-corrected chi connectivity index (χ0v) is 10.3. The summed E-state index contributed by atoms with van der Waals surface area (Å²) in [6.07, 6.45) is 1.49. The second-order valence-corrected chi connectivity index (χ2v) is 4.12. The second kappa shape index (κ2) is 6.07. The summed E-state index contributed by atoms with van der Waals surface area (Å²) in [6, 6.07) is 3.35. The molecule has 0 unspecified atom stereocenters. The van der Waals surface area contributed by atoms with Gasteiger partial charge in [-0.1, -0.05) is 13.8 Å². The molecular weight excluding hydrogens is 224 g/mol. The van der Waals surface area contributed by atoms with E-state index in [0.717, 1.165) is 31.0 Å². The summed E-state index contributed by atoms with van der Waals surface area (Å²) in [7, 11) is 0. The van der Waals surface area contributed by atoms with Gasteiger partial charge in [-0.25, -0.2) is 8.78 Å². The van der Waals surface area contributed by atoms with Gasteiger partial charge in [0.25, 0.3) is 0 Å². The molecule has 1 aromatic carbocycles. The molecule has 2 N–H and O–H groups in total. The molecule has 4 heteroatoms. The van der Waals surface area contributed by atoms with Crippen molar-refractivity contribution < 1.29 is 13.5 Å². The summed E-state index contributed by atoms with van der Waals surface area (Å²) in [5.74, 6) is -0.916. The van der Waals surface area contributed by atoms with E-state index in [4.69, 9.17) is 10.5 Å². The van der Waals surface area contributed by atoms with E-state index in [-0.39, 0.29) is 12.2 Å². The van der Waals surface area contributed by atoms with Crippen LogP contribution in [0.5, 0.6) is 0 Å². The summed E-state index contributed by atoms with van der Waals surface area (Å²) in [5.41, 5.74) is 5.45. The van der Waals surface area contributed by atoms with Gasteiger partial charge in [-0.15, -0.1) is 0 Å². The van der Waals surface area contributed by atoms with Crippen LogP contribution in [0, 0.1) is 11.6 Å². The average molecular weight is 243 g/mol. The summed E-state index contributed by atoms with van der Waals surface area (Å²) in [6.45, 7) is 4.36. The molecule has 1 aromatic rings. The largest absolute Gasteiger partial charge is 0.369 e. The van der Waals surface area contributed by atoms with E-state index in [9.17, 15) is 8.78 Å². The zero-order valence-electron chi connectivity index (χ0n) is 10.3. The van der Waals surface area contributed by atoms with E-state index < -0.39 is 17.2 Å². The molecule has 0 saturated carbocycles. The highest BCUT2D eigenvalue weighted by molar-refractivity contribution is 5.17. The predicted octanol–water partition coefficient (Wildman–Crippen LogP) is 3.00. The van der Waals surface area contributed by atoms with Crippen LogP contribution in [-0.4, -0.2) is 12.1 Å². The first kappa shape index (κ1) is 14.1. The van der Waals surface area contributed by atoms with E-state index in [1.807, 2.05) is 13.8 Å². The minimum absolute atomic E-state index is 0.0441. The molecule has 0 saturated heterocycles. The molecule has 1 rings (SSSR count). The lowest BCUT2D eigenvalue weighted by atomic mass is 9.97. The standard InChI is InChI=1S/C13H19F2NO/c1-3-13(4-2,9-16)17-8-10-7-11(14)5-6-12(10)15/h5-7H,3-4,8-9,16H2,1-2H3. The quantitative estimate of drug-likeness (QED) is 0.833. The van der Waals surface area contributed by atoms with Crippen molar-refractivity contribution in [3.8, 4) is 0 Å². The van der Waals surface area contributed by atoms with Gasteiger partial charge < -0.3 is 10.5 Å². The maximum atomic E-state index is 13.4. The number of benzene rings is 1. The highest BCUT2D eigenvalue weighted by Gasteiger charge is 2.25. The number of hydrogen-bond donors (Lipinski definition) is 1. The Kier molecular flexibility index (Phi) is 5.02. The highest BCUT2D eigenvalue weighted by Crippen LogP contribution is 2.22. The maximum absolute atomic E-state index is 13.4. The van der Waals surface area contributed by atoms with Crippen molar-refractivity contribution in [3.05, 3.63) is 35.4 Å². The molecule has 0 aromatic heterocycles. The van der Waals surface area contributed by atoms with Gasteiger partial charge in [-0.05, 0) is 31.0 Å². The minimum atomic E-state index is -0.462. The third-order valence-electron chi connectivity index (χ3n) is 3.20. The lowest BCUT2D eigenvalue weighted by Crippen LogP contribution is -2.39. The van der Waals surface area contributed by atoms with E-state index in [2.05, 4.69) is 0 Å². The summed E-state index contributed by atoms with van der Waals surface area (Å²) in [4.78, 5) is 0. The summed E-state index contributed by atoms with van der Waals surface area (Å²) < 4.78 is 32.0. The van der Waals surface area contributed by atoms with Crippen molar-refractivity contribution in [2.75, 3.05) is 6.54 Å². The minimum Gasteiger partial charge on any atom is -0.369 e. The lowest BCUT2D eigenvalue weighted by molar-refractivity contribution is -0.0563. The van der Waals surface area contributed by atoms with Crippen molar-refractivity contribution in [2.45, 2.75) is 38.9 Å². The number of nitrogens with two attached hydrogens (primary N) is 1. The van der Waals surface area contributed by atoms with E-state index in [0.29, 0.717) is 6.54 Å². The van der Waals surface area contributed by atoms with Gasteiger partial charge in [0.2, 0.25) is 0 Å². The van der Waals surface area contributed by atoms with Crippen LogP contribution in [0.1, 0.15) is 32.3 Å². The van der Waals surface area contributed by atoms with Crippen LogP contribution in [0.25, 0.3) is 0 Å². The SMILES string of the molecule is CCC(CC)(CN)OCc1cc(F)ccc1F. The first-order valence-electron chi connectivity index (χ1n) is 5.85. The van der Waals surface area contributed by atoms with Crippen molar-refractivity contribution in [3.63, 3.8) is 0 Å². The maximum Gasteiger partial charge on any atom is 0.128 e. The fourth-order valence-corrected chi connectivity index (χ4v) is 1.69. The normalized spacial score (nSPS) is 11.8. The summed E-state index contributed by atoms with van der Waals surface area (Å²) >= 11 is 0. The zero-order chi connectivity index (χ0) is 12.9. The van der Waals surface area contributed by atoms with Crippen LogP contribution in [0.2, 0.25) is 0 Å². The molecule has 0 radical (unpaired) electrons. The fourth-order valence-electron chi connectivity index (χ4n) is 1.69. The Labute approximate surface area is 101 Å². The van der Waals surface area contributed by atoms with Crippen LogP contribution >= 0.6 is 0 Å². The Bertz CT molecular complexity index is 356. The molecule has 0 aliphatic carbocycles. The Hall–Kier alpha value is -1.00. The predicted molar refractivity (Wildman–Crippen MR) is 63.5 cm³/mol. The topological polar surface area (TPSA) is 35.2 Å².